The summed E-state index contributed by atoms with van der Waals surface area (Å²) in [6, 6.07) is 4.60. The number of methoxy groups -OCH3 is 1. The van der Waals surface area contributed by atoms with Gasteiger partial charge in [0.15, 0.2) is 0 Å². The average Bonchev–Trinajstić information content (AvgIpc) is 3.70. The minimum absolute atomic E-state index is 0.0546. The van der Waals surface area contributed by atoms with Crippen molar-refractivity contribution in [3.8, 4) is 0 Å². The third kappa shape index (κ3) is 5.79. The maximum Gasteiger partial charge on any atom is 0.341 e. The van der Waals surface area contributed by atoms with E-state index in [1.807, 2.05) is 13.8 Å². The number of anilines is 1. The highest BCUT2D eigenvalue weighted by atomic mass is 32.2. The summed E-state index contributed by atoms with van der Waals surface area (Å²) in [5, 5.41) is 0.866. The molecule has 1 N–H and O–H groups in total. The number of carbonyl (C=O) groups is 2. The number of likely N-dealkylation sites (N-methyl/N-ethyl adjacent to an activating group) is 1. The first-order chi connectivity index (χ1) is 23.8. The molecule has 0 unspecified atom stereocenters. The van der Waals surface area contributed by atoms with Gasteiger partial charge in [-0.25, -0.2) is 13.9 Å². The van der Waals surface area contributed by atoms with E-state index in [9.17, 15) is 22.8 Å². The third-order valence-electron chi connectivity index (χ3n) is 11.3. The molecule has 3 fully saturated rings. The standard InChI is InChI=1S/C36H44FN5O7S/c1-20-16-30(40-15-14-39(4)25(17-40)19-48-5)22(3)33-31(20)27-12-13-41(18-29(27)36(45)49-33)35(44)28-11-10-26(21(2)32(28)37)34(43)38-50(46,47)42-23-6-7-24(42)9-8-23/h10-11,16,23-25H,6-9,12-15,17-19H2,1-5H3,(H,38,43)/t23?,24?,25-/m1/s1. The van der Waals surface area contributed by atoms with Crippen LogP contribution in [0.2, 0.25) is 0 Å². The molecule has 5 heterocycles. The van der Waals surface area contributed by atoms with Gasteiger partial charge in [0, 0.05) is 67.6 Å². The predicted octanol–water partition coefficient (Wildman–Crippen LogP) is 3.42. The zero-order valence-corrected chi connectivity index (χ0v) is 30.0. The largest absolute Gasteiger partial charge is 0.422 e. The molecule has 0 spiro atoms. The molecule has 0 radical (unpaired) electrons. The highest BCUT2D eigenvalue weighted by Crippen LogP contribution is 2.39. The first kappa shape index (κ1) is 34.6. The number of amides is 2. The molecule has 2 aromatic carbocycles. The first-order valence-electron chi connectivity index (χ1n) is 17.3. The number of ether oxygens (including phenoxy) is 1. The summed E-state index contributed by atoms with van der Waals surface area (Å²) in [6.45, 7) is 8.61. The zero-order valence-electron chi connectivity index (χ0n) is 29.2. The Morgan fingerprint density at radius 1 is 1.00 bits per heavy atom. The second kappa shape index (κ2) is 13.0. The van der Waals surface area contributed by atoms with Gasteiger partial charge in [0.25, 0.3) is 11.8 Å². The van der Waals surface area contributed by atoms with E-state index in [2.05, 4.69) is 27.6 Å². The Balaban J connectivity index is 1.12. The molecule has 268 valence electrons. The molecule has 1 aromatic heterocycles. The summed E-state index contributed by atoms with van der Waals surface area (Å²) in [6.07, 6.45) is 3.42. The minimum atomic E-state index is -4.10. The van der Waals surface area contributed by atoms with Crippen molar-refractivity contribution in [3.63, 3.8) is 0 Å². The fourth-order valence-electron chi connectivity index (χ4n) is 8.54. The SMILES string of the molecule is COC[C@H]1CN(c2cc(C)c3c4c(c(=O)oc3c2C)CN(C(=O)c2ccc(C(=O)NS(=O)(=O)N3C5CCC3CC5)c(C)c2F)CC4)CCN1C. The normalized spacial score (nSPS) is 22.7. The number of nitrogens with zero attached hydrogens (tertiary/aromatic N) is 4. The first-order valence-corrected chi connectivity index (χ1v) is 18.7. The molecule has 14 heteroatoms. The Kier molecular flexibility index (Phi) is 9.02. The van der Waals surface area contributed by atoms with E-state index in [0.717, 1.165) is 73.1 Å². The number of rotatable bonds is 7. The third-order valence-corrected chi connectivity index (χ3v) is 12.9. The summed E-state index contributed by atoms with van der Waals surface area (Å²) >= 11 is 0. The number of carbonyl (C=O) groups excluding carboxylic acids is 2. The lowest BCUT2D eigenvalue weighted by molar-refractivity contribution is 0.0727. The zero-order chi connectivity index (χ0) is 35.6. The smallest absolute Gasteiger partial charge is 0.341 e. The Hall–Kier alpha value is -3.85. The van der Waals surface area contributed by atoms with Crippen LogP contribution in [0.15, 0.2) is 27.4 Å². The highest BCUT2D eigenvalue weighted by Gasteiger charge is 2.47. The van der Waals surface area contributed by atoms with Crippen molar-refractivity contribution in [2.45, 2.75) is 77.5 Å². The van der Waals surface area contributed by atoms with Crippen molar-refractivity contribution in [1.29, 1.82) is 0 Å². The monoisotopic (exact) mass is 709 g/mol. The summed E-state index contributed by atoms with van der Waals surface area (Å²) in [7, 11) is -0.301. The molecule has 7 rings (SSSR count). The fraction of sp³-hybridized carbons (Fsp3) is 0.528. The summed E-state index contributed by atoms with van der Waals surface area (Å²) < 4.78 is 56.8. The van der Waals surface area contributed by atoms with Crippen molar-refractivity contribution in [3.05, 3.63) is 73.4 Å². The molecule has 4 aliphatic rings. The Morgan fingerprint density at radius 3 is 2.36 bits per heavy atom. The molecule has 4 aliphatic heterocycles. The van der Waals surface area contributed by atoms with Crippen molar-refractivity contribution >= 4 is 38.7 Å². The van der Waals surface area contributed by atoms with Gasteiger partial charge in [-0.05, 0) is 94.8 Å². The van der Waals surface area contributed by atoms with Gasteiger partial charge < -0.3 is 19.0 Å². The number of nitrogens with one attached hydrogen (secondary N) is 1. The predicted molar refractivity (Wildman–Crippen MR) is 186 cm³/mol. The number of piperazine rings is 1. The minimum Gasteiger partial charge on any atom is -0.422 e. The molecule has 50 heavy (non-hydrogen) atoms. The van der Waals surface area contributed by atoms with Crippen molar-refractivity contribution < 1.29 is 31.6 Å². The second-order valence-corrected chi connectivity index (χ2v) is 15.8. The summed E-state index contributed by atoms with van der Waals surface area (Å²) in [5.74, 6) is -2.49. The number of benzene rings is 2. The maximum atomic E-state index is 15.8. The molecule has 12 nitrogen and oxygen atoms in total. The van der Waals surface area contributed by atoms with E-state index >= 15 is 4.39 Å². The van der Waals surface area contributed by atoms with E-state index in [0.29, 0.717) is 24.2 Å². The lowest BCUT2D eigenvalue weighted by Crippen LogP contribution is -2.53. The molecule has 3 saturated heterocycles. The van der Waals surface area contributed by atoms with Crippen molar-refractivity contribution in [2.75, 3.05) is 51.8 Å². The van der Waals surface area contributed by atoms with Crippen LogP contribution in [0.5, 0.6) is 0 Å². The van der Waals surface area contributed by atoms with E-state index in [-0.39, 0.29) is 47.9 Å². The molecular weight excluding hydrogens is 665 g/mol. The summed E-state index contributed by atoms with van der Waals surface area (Å²) in [5.41, 5.74) is 3.52. The Morgan fingerprint density at radius 2 is 1.68 bits per heavy atom. The highest BCUT2D eigenvalue weighted by molar-refractivity contribution is 7.87. The summed E-state index contributed by atoms with van der Waals surface area (Å²) in [4.78, 5) is 46.3. The Labute approximate surface area is 291 Å². The van der Waals surface area contributed by atoms with Crippen LogP contribution in [-0.4, -0.2) is 99.4 Å². The molecule has 2 bridgehead atoms. The number of fused-ring (bicyclic) bond motifs is 5. The van der Waals surface area contributed by atoms with E-state index in [4.69, 9.17) is 9.15 Å². The molecule has 2 amide bonds. The lowest BCUT2D eigenvalue weighted by Gasteiger charge is -2.41. The topological polar surface area (TPSA) is 133 Å². The van der Waals surface area contributed by atoms with Crippen LogP contribution in [0, 0.1) is 26.6 Å². The van der Waals surface area contributed by atoms with Gasteiger partial charge in [0.1, 0.15) is 11.4 Å². The van der Waals surface area contributed by atoms with Gasteiger partial charge in [-0.2, -0.15) is 12.7 Å². The number of aryl methyl sites for hydroxylation is 2. The van der Waals surface area contributed by atoms with Crippen LogP contribution in [-0.2, 0) is 27.9 Å². The van der Waals surface area contributed by atoms with Gasteiger partial charge in [-0.3, -0.25) is 14.5 Å². The van der Waals surface area contributed by atoms with Crippen LogP contribution in [0.1, 0.15) is 74.2 Å². The number of hydrogen-bond donors (Lipinski definition) is 1. The number of halogens is 1. The van der Waals surface area contributed by atoms with Gasteiger partial charge in [0.2, 0.25) is 0 Å². The maximum absolute atomic E-state index is 15.8. The van der Waals surface area contributed by atoms with Crippen LogP contribution in [0.4, 0.5) is 10.1 Å². The molecule has 0 aliphatic carbocycles. The van der Waals surface area contributed by atoms with E-state index in [1.165, 1.54) is 28.3 Å². The van der Waals surface area contributed by atoms with Gasteiger partial charge >= 0.3 is 15.8 Å². The van der Waals surface area contributed by atoms with Crippen molar-refractivity contribution in [2.24, 2.45) is 0 Å². The fourth-order valence-corrected chi connectivity index (χ4v) is 10.2. The van der Waals surface area contributed by atoms with Gasteiger partial charge in [-0.15, -0.1) is 0 Å². The molecule has 0 saturated carbocycles. The van der Waals surface area contributed by atoms with E-state index in [1.54, 1.807) is 7.11 Å². The molecular formula is C36H44FN5O7S. The van der Waals surface area contributed by atoms with Crippen LogP contribution in [0.3, 0.4) is 0 Å². The van der Waals surface area contributed by atoms with Gasteiger partial charge in [0.05, 0.1) is 30.3 Å². The quantitative estimate of drug-likeness (QED) is 0.367. The Bertz CT molecular complexity index is 2050. The number of hydrogen-bond acceptors (Lipinski definition) is 9. The molecule has 1 atom stereocenters. The second-order valence-electron chi connectivity index (χ2n) is 14.2. The van der Waals surface area contributed by atoms with Crippen molar-refractivity contribution in [1.82, 2.24) is 18.8 Å². The van der Waals surface area contributed by atoms with Crippen LogP contribution in [0.25, 0.3) is 11.0 Å². The van der Waals surface area contributed by atoms with Gasteiger partial charge in [-0.1, -0.05) is 0 Å². The lowest BCUT2D eigenvalue weighted by atomic mass is 9.92. The van der Waals surface area contributed by atoms with Crippen LogP contribution < -0.4 is 15.2 Å². The van der Waals surface area contributed by atoms with E-state index < -0.39 is 33.5 Å². The molecule has 3 aromatic rings. The van der Waals surface area contributed by atoms with Crippen LogP contribution >= 0.6 is 0 Å². The average molecular weight is 710 g/mol.